The number of hydrogen-bond acceptors (Lipinski definition) is 4. The fourth-order valence-corrected chi connectivity index (χ4v) is 3.48. The lowest BCUT2D eigenvalue weighted by molar-refractivity contribution is 0.0952. The molecule has 0 saturated heterocycles. The number of aromatic nitrogens is 2. The Morgan fingerprint density at radius 1 is 1.13 bits per heavy atom. The minimum absolute atomic E-state index is 0.102. The predicted molar refractivity (Wildman–Crippen MR) is 116 cm³/mol. The van der Waals surface area contributed by atoms with Gasteiger partial charge in [0.05, 0.1) is 11.3 Å². The van der Waals surface area contributed by atoms with E-state index in [2.05, 4.69) is 39.4 Å². The van der Waals surface area contributed by atoms with Gasteiger partial charge in [-0.1, -0.05) is 29.4 Å². The Hall–Kier alpha value is -3.54. The molecule has 0 aliphatic heterocycles. The van der Waals surface area contributed by atoms with E-state index >= 15 is 0 Å². The third kappa shape index (κ3) is 4.38. The average molecular weight is 403 g/mol. The molecule has 4 rings (SSSR count). The number of fused-ring (bicyclic) bond motifs is 1. The Bertz CT molecular complexity index is 1140. The number of nitrogens with one attached hydrogen (secondary N) is 1. The first-order valence-electron chi connectivity index (χ1n) is 10.1. The van der Waals surface area contributed by atoms with Crippen molar-refractivity contribution in [2.24, 2.45) is 0 Å². The van der Waals surface area contributed by atoms with Gasteiger partial charge in [-0.25, -0.2) is 0 Å². The van der Waals surface area contributed by atoms with E-state index < -0.39 is 0 Å². The van der Waals surface area contributed by atoms with Crippen molar-refractivity contribution in [2.45, 2.75) is 33.4 Å². The van der Waals surface area contributed by atoms with Crippen LogP contribution < -0.4 is 10.1 Å². The van der Waals surface area contributed by atoms with E-state index in [-0.39, 0.29) is 5.91 Å². The van der Waals surface area contributed by atoms with Crippen LogP contribution in [0.25, 0.3) is 10.9 Å². The van der Waals surface area contributed by atoms with Crippen LogP contribution in [0.5, 0.6) is 5.75 Å². The van der Waals surface area contributed by atoms with Crippen molar-refractivity contribution in [1.82, 2.24) is 15.0 Å². The Labute approximate surface area is 175 Å². The zero-order valence-corrected chi connectivity index (χ0v) is 17.2. The zero-order chi connectivity index (χ0) is 20.9. The van der Waals surface area contributed by atoms with Gasteiger partial charge >= 0.3 is 0 Å². The maximum atomic E-state index is 12.5. The molecule has 0 radical (unpaired) electrons. The van der Waals surface area contributed by atoms with Crippen molar-refractivity contribution < 1.29 is 14.1 Å². The third-order valence-corrected chi connectivity index (χ3v) is 5.20. The van der Waals surface area contributed by atoms with Gasteiger partial charge in [0.1, 0.15) is 18.1 Å². The Balaban J connectivity index is 1.29. The van der Waals surface area contributed by atoms with Crippen LogP contribution in [-0.2, 0) is 13.2 Å². The summed E-state index contributed by atoms with van der Waals surface area (Å²) >= 11 is 0. The van der Waals surface area contributed by atoms with Gasteiger partial charge in [0, 0.05) is 30.4 Å². The van der Waals surface area contributed by atoms with Crippen molar-refractivity contribution in [3.63, 3.8) is 0 Å². The molecule has 0 spiro atoms. The summed E-state index contributed by atoms with van der Waals surface area (Å²) in [5.41, 5.74) is 3.55. The minimum Gasteiger partial charge on any atom is -0.489 e. The molecule has 1 N–H and O–H groups in total. The standard InChI is InChI=1S/C24H25N3O3/c1-17-22(18(2)30-26-17)16-29-21-9-5-8-20(15-21)24(28)25-12-6-13-27-14-11-19-7-3-4-10-23(19)27/h3-5,7-11,14-15H,6,12-13,16H2,1-2H3,(H,25,28). The summed E-state index contributed by atoms with van der Waals surface area (Å²) in [6, 6.07) is 17.6. The average Bonchev–Trinajstić information content (AvgIpc) is 3.32. The quantitative estimate of drug-likeness (QED) is 0.435. The molecule has 0 bridgehead atoms. The maximum absolute atomic E-state index is 12.5. The van der Waals surface area contributed by atoms with Crippen molar-refractivity contribution in [1.29, 1.82) is 0 Å². The lowest BCUT2D eigenvalue weighted by atomic mass is 10.2. The molecule has 30 heavy (non-hydrogen) atoms. The number of carbonyl (C=O) groups is 1. The van der Waals surface area contributed by atoms with E-state index in [0.717, 1.165) is 30.0 Å². The summed E-state index contributed by atoms with van der Waals surface area (Å²) in [4.78, 5) is 12.5. The van der Waals surface area contributed by atoms with Crippen LogP contribution in [0.4, 0.5) is 0 Å². The van der Waals surface area contributed by atoms with E-state index in [9.17, 15) is 4.79 Å². The molecule has 154 valence electrons. The summed E-state index contributed by atoms with van der Waals surface area (Å²) in [6.45, 7) is 5.57. The minimum atomic E-state index is -0.102. The van der Waals surface area contributed by atoms with E-state index in [0.29, 0.717) is 24.5 Å². The highest BCUT2D eigenvalue weighted by atomic mass is 16.5. The molecule has 1 amide bonds. The van der Waals surface area contributed by atoms with Crippen LogP contribution in [0.1, 0.15) is 33.8 Å². The zero-order valence-electron chi connectivity index (χ0n) is 17.2. The predicted octanol–water partition coefficient (Wildman–Crippen LogP) is 4.65. The van der Waals surface area contributed by atoms with E-state index in [1.165, 1.54) is 10.9 Å². The van der Waals surface area contributed by atoms with Crippen LogP contribution in [-0.4, -0.2) is 22.2 Å². The summed E-state index contributed by atoms with van der Waals surface area (Å²) in [7, 11) is 0. The van der Waals surface area contributed by atoms with Crippen LogP contribution in [0.3, 0.4) is 0 Å². The van der Waals surface area contributed by atoms with Crippen LogP contribution >= 0.6 is 0 Å². The summed E-state index contributed by atoms with van der Waals surface area (Å²) < 4.78 is 13.2. The summed E-state index contributed by atoms with van der Waals surface area (Å²) in [5.74, 6) is 1.29. The lowest BCUT2D eigenvalue weighted by Gasteiger charge is -2.09. The normalized spacial score (nSPS) is 11.0. The van der Waals surface area contributed by atoms with Crippen LogP contribution in [0, 0.1) is 13.8 Å². The molecule has 6 heteroatoms. The Morgan fingerprint density at radius 3 is 2.83 bits per heavy atom. The highest BCUT2D eigenvalue weighted by molar-refractivity contribution is 5.94. The van der Waals surface area contributed by atoms with Crippen molar-refractivity contribution in [2.75, 3.05) is 6.54 Å². The summed E-state index contributed by atoms with van der Waals surface area (Å²) in [6.07, 6.45) is 2.94. The van der Waals surface area contributed by atoms with Crippen molar-refractivity contribution in [3.8, 4) is 5.75 Å². The Kier molecular flexibility index (Phi) is 5.84. The molecule has 0 fully saturated rings. The number of nitrogens with zero attached hydrogens (tertiary/aromatic N) is 2. The number of para-hydroxylation sites is 1. The first kappa shape index (κ1) is 19.8. The molecule has 4 aromatic rings. The SMILES string of the molecule is Cc1noc(C)c1COc1cccc(C(=O)NCCCn2ccc3ccccc32)c1. The topological polar surface area (TPSA) is 69.3 Å². The molecule has 2 aromatic heterocycles. The van der Waals surface area contributed by atoms with E-state index in [1.807, 2.05) is 38.1 Å². The fraction of sp³-hybridized carbons (Fsp3) is 0.250. The van der Waals surface area contributed by atoms with Crippen molar-refractivity contribution in [3.05, 3.63) is 83.4 Å². The number of rotatable bonds is 8. The molecule has 2 heterocycles. The second-order valence-electron chi connectivity index (χ2n) is 7.30. The summed E-state index contributed by atoms with van der Waals surface area (Å²) in [5, 5.41) is 8.15. The first-order valence-corrected chi connectivity index (χ1v) is 10.1. The number of carbonyl (C=O) groups excluding carboxylic acids is 1. The molecule has 0 unspecified atom stereocenters. The molecule has 0 saturated carbocycles. The molecule has 6 nitrogen and oxygen atoms in total. The molecular weight excluding hydrogens is 378 g/mol. The molecule has 0 aliphatic rings. The van der Waals surface area contributed by atoms with Crippen molar-refractivity contribution >= 4 is 16.8 Å². The van der Waals surface area contributed by atoms with Gasteiger partial charge in [0.15, 0.2) is 0 Å². The van der Waals surface area contributed by atoms with Gasteiger partial charge in [0.2, 0.25) is 0 Å². The smallest absolute Gasteiger partial charge is 0.251 e. The Morgan fingerprint density at radius 2 is 2.00 bits per heavy atom. The maximum Gasteiger partial charge on any atom is 0.251 e. The largest absolute Gasteiger partial charge is 0.489 e. The second kappa shape index (κ2) is 8.86. The molecular formula is C24H25N3O3. The number of benzene rings is 2. The number of ether oxygens (including phenoxy) is 1. The van der Waals surface area contributed by atoms with Crippen LogP contribution in [0.15, 0.2) is 65.3 Å². The highest BCUT2D eigenvalue weighted by Gasteiger charge is 2.11. The molecule has 2 aromatic carbocycles. The fourth-order valence-electron chi connectivity index (χ4n) is 3.48. The highest BCUT2D eigenvalue weighted by Crippen LogP contribution is 2.19. The molecule has 0 atom stereocenters. The first-order chi connectivity index (χ1) is 14.6. The number of hydrogen-bond donors (Lipinski definition) is 1. The van der Waals surface area contributed by atoms with Crippen LogP contribution in [0.2, 0.25) is 0 Å². The monoisotopic (exact) mass is 403 g/mol. The van der Waals surface area contributed by atoms with Gasteiger partial charge in [0.25, 0.3) is 5.91 Å². The third-order valence-electron chi connectivity index (χ3n) is 5.20. The molecule has 0 aliphatic carbocycles. The van der Waals surface area contributed by atoms with Gasteiger partial charge in [-0.2, -0.15) is 0 Å². The second-order valence-corrected chi connectivity index (χ2v) is 7.30. The van der Waals surface area contributed by atoms with Gasteiger partial charge in [-0.3, -0.25) is 4.79 Å². The number of aryl methyl sites for hydroxylation is 3. The van der Waals surface area contributed by atoms with Gasteiger partial charge < -0.3 is 19.1 Å². The van der Waals surface area contributed by atoms with Gasteiger partial charge in [-0.05, 0) is 56.0 Å². The van der Waals surface area contributed by atoms with Gasteiger partial charge in [-0.15, -0.1) is 0 Å². The van der Waals surface area contributed by atoms with E-state index in [4.69, 9.17) is 9.26 Å². The number of amides is 1. The van der Waals surface area contributed by atoms with E-state index in [1.54, 1.807) is 12.1 Å². The lowest BCUT2D eigenvalue weighted by Crippen LogP contribution is -2.25.